The molecule has 2 rings (SSSR count). The number of aromatic nitrogens is 1. The molecule has 1 aliphatic heterocycles. The minimum absolute atomic E-state index is 0.0282. The molecule has 0 fully saturated rings. The lowest BCUT2D eigenvalue weighted by Crippen LogP contribution is -2.32. The van der Waals surface area contributed by atoms with Crippen LogP contribution in [-0.2, 0) is 31.8 Å². The number of pyridine rings is 1. The number of ketones is 1. The molecule has 0 saturated carbocycles. The van der Waals surface area contributed by atoms with E-state index in [0.29, 0.717) is 30.5 Å². The lowest BCUT2D eigenvalue weighted by Gasteiger charge is -2.25. The van der Waals surface area contributed by atoms with Gasteiger partial charge in [-0.25, -0.2) is 9.59 Å². The van der Waals surface area contributed by atoms with Crippen molar-refractivity contribution in [2.24, 2.45) is 23.7 Å². The summed E-state index contributed by atoms with van der Waals surface area (Å²) in [7, 11) is 0. The molecule has 8 nitrogen and oxygen atoms in total. The molecule has 50 heavy (non-hydrogen) atoms. The van der Waals surface area contributed by atoms with Crippen molar-refractivity contribution in [3.05, 3.63) is 101 Å². The van der Waals surface area contributed by atoms with Gasteiger partial charge in [-0.3, -0.25) is 9.78 Å². The number of alkyl halides is 3. The minimum Gasteiger partial charge on any atom is -0.455 e. The fourth-order valence-corrected chi connectivity index (χ4v) is 5.41. The summed E-state index contributed by atoms with van der Waals surface area (Å²) in [4.78, 5) is 40.2. The zero-order chi connectivity index (χ0) is 37.4. The Morgan fingerprint density at radius 2 is 1.86 bits per heavy atom. The maximum atomic E-state index is 13.1. The van der Waals surface area contributed by atoms with E-state index in [2.05, 4.69) is 35.5 Å². The lowest BCUT2D eigenvalue weighted by atomic mass is 9.84. The quantitative estimate of drug-likeness (QED) is 0.0726. The van der Waals surface area contributed by atoms with Gasteiger partial charge in [0, 0.05) is 24.6 Å². The molecule has 0 bridgehead atoms. The van der Waals surface area contributed by atoms with Crippen LogP contribution in [-0.4, -0.2) is 46.8 Å². The average Bonchev–Trinajstić information content (AvgIpc) is 3.05. The second kappa shape index (κ2) is 20.4. The third-order valence-electron chi connectivity index (χ3n) is 8.23. The molecule has 0 aliphatic carbocycles. The number of alkyl carbamates (subject to hydrolysis) is 1. The largest absolute Gasteiger partial charge is 0.455 e. The average molecular weight is 701 g/mol. The fraction of sp³-hybridized carbons (Fsp3) is 0.487. The Labute approximate surface area is 293 Å². The number of cyclic esters (lactones) is 1. The number of amides is 1. The zero-order valence-corrected chi connectivity index (χ0v) is 30.0. The van der Waals surface area contributed by atoms with E-state index in [1.807, 2.05) is 52.0 Å². The highest BCUT2D eigenvalue weighted by atomic mass is 19.4. The van der Waals surface area contributed by atoms with Crippen LogP contribution in [0.5, 0.6) is 0 Å². The fourth-order valence-electron chi connectivity index (χ4n) is 5.41. The second-order valence-corrected chi connectivity index (χ2v) is 13.1. The van der Waals surface area contributed by atoms with Crippen LogP contribution in [0.2, 0.25) is 0 Å². The first-order chi connectivity index (χ1) is 23.5. The van der Waals surface area contributed by atoms with E-state index < -0.39 is 29.9 Å². The lowest BCUT2D eigenvalue weighted by molar-refractivity contribution is -0.141. The Kier molecular flexibility index (Phi) is 17.1. The molecule has 2 N–H and O–H groups in total. The number of nitrogens with zero attached hydrogens (tertiary/aromatic N) is 1. The van der Waals surface area contributed by atoms with Crippen molar-refractivity contribution in [3.63, 3.8) is 0 Å². The highest BCUT2D eigenvalue weighted by Gasteiger charge is 2.30. The topological polar surface area (TPSA) is 115 Å². The Bertz CT molecular complexity index is 1470. The smallest absolute Gasteiger partial charge is 0.417 e. The third-order valence-corrected chi connectivity index (χ3v) is 8.23. The van der Waals surface area contributed by atoms with Gasteiger partial charge >= 0.3 is 18.2 Å². The normalized spacial score (nSPS) is 19.2. The first kappa shape index (κ1) is 41.9. The van der Waals surface area contributed by atoms with E-state index in [0.717, 1.165) is 23.6 Å². The zero-order valence-electron chi connectivity index (χ0n) is 30.0. The van der Waals surface area contributed by atoms with Crippen LogP contribution in [0, 0.1) is 23.7 Å². The molecule has 0 saturated heterocycles. The van der Waals surface area contributed by atoms with Gasteiger partial charge in [0.25, 0.3) is 0 Å². The van der Waals surface area contributed by atoms with Crippen LogP contribution >= 0.6 is 0 Å². The van der Waals surface area contributed by atoms with E-state index in [1.165, 1.54) is 12.1 Å². The van der Waals surface area contributed by atoms with Crippen LogP contribution in [0.3, 0.4) is 0 Å². The van der Waals surface area contributed by atoms with Gasteiger partial charge in [-0.15, -0.1) is 0 Å². The van der Waals surface area contributed by atoms with Gasteiger partial charge < -0.3 is 19.9 Å². The number of carbonyl (C=O) groups excluding carboxylic acids is 3. The van der Waals surface area contributed by atoms with Gasteiger partial charge in [0.15, 0.2) is 5.78 Å². The number of esters is 1. The van der Waals surface area contributed by atoms with E-state index in [1.54, 1.807) is 19.9 Å². The SMILES string of the molecule is CC(C=C[C@H]1CC=CC(=O)O1)=C[C@H](C)CC=CC(C)C=C(C)C(=O)[C@@H](C)[C@H](O)[C@@H](C)CC(C)=CCOC(=O)NCc1ccc(C(F)(F)F)cn1. The van der Waals surface area contributed by atoms with E-state index in [9.17, 15) is 32.7 Å². The van der Waals surface area contributed by atoms with Crippen molar-refractivity contribution in [2.45, 2.75) is 92.7 Å². The van der Waals surface area contributed by atoms with Gasteiger partial charge in [0.2, 0.25) is 0 Å². The van der Waals surface area contributed by atoms with Crippen molar-refractivity contribution in [1.82, 2.24) is 10.3 Å². The van der Waals surface area contributed by atoms with Crippen molar-refractivity contribution in [2.75, 3.05) is 6.61 Å². The number of aliphatic hydroxyl groups is 1. The van der Waals surface area contributed by atoms with Gasteiger partial charge in [0.1, 0.15) is 12.7 Å². The number of hydrogen-bond donors (Lipinski definition) is 2. The van der Waals surface area contributed by atoms with Gasteiger partial charge in [-0.1, -0.05) is 75.3 Å². The molecule has 0 spiro atoms. The van der Waals surface area contributed by atoms with Crippen LogP contribution in [0.4, 0.5) is 18.0 Å². The number of hydrogen-bond acceptors (Lipinski definition) is 7. The summed E-state index contributed by atoms with van der Waals surface area (Å²) in [6.07, 6.45) is 13.4. The summed E-state index contributed by atoms with van der Waals surface area (Å²) in [5.41, 5.74) is 1.92. The van der Waals surface area contributed by atoms with Crippen molar-refractivity contribution in [3.8, 4) is 0 Å². The predicted octanol–water partition coefficient (Wildman–Crippen LogP) is 8.40. The first-order valence-electron chi connectivity index (χ1n) is 16.9. The van der Waals surface area contributed by atoms with Gasteiger partial charge in [0.05, 0.1) is 23.9 Å². The molecule has 2 heterocycles. The molecule has 1 aliphatic rings. The first-order valence-corrected chi connectivity index (χ1v) is 16.9. The van der Waals surface area contributed by atoms with Crippen molar-refractivity contribution < 1.29 is 42.1 Å². The van der Waals surface area contributed by atoms with Crippen molar-refractivity contribution >= 4 is 17.8 Å². The molecule has 0 aromatic carbocycles. The highest BCUT2D eigenvalue weighted by molar-refractivity contribution is 5.96. The molecule has 1 aromatic rings. The molecule has 0 radical (unpaired) electrons. The number of nitrogens with one attached hydrogen (secondary N) is 1. The van der Waals surface area contributed by atoms with Gasteiger partial charge in [-0.2, -0.15) is 13.2 Å². The Morgan fingerprint density at radius 3 is 2.50 bits per heavy atom. The standard InChI is InChI=1S/C39H51F3N2O6/c1-25(20-27(3)14-17-34-12-9-13-35(45)50-34)10-8-11-26(2)21-29(5)36(46)31(7)37(47)30(6)22-28(4)18-19-49-38(48)44-24-33-16-15-32(23-43-33)39(40,41)42/h8-9,11,13-18,20-21,23,25-26,30-31,34,37,47H,10,12,19,22,24H2,1-7H3,(H,44,48)/t25-,26?,30+,31-,34-,37-/m1/s1. The molecule has 1 aromatic heterocycles. The number of Topliss-reactive ketones (excluding diaryl/α,β-unsaturated/α-hetero) is 1. The maximum absolute atomic E-state index is 13.1. The number of halogens is 3. The third kappa shape index (κ3) is 15.5. The summed E-state index contributed by atoms with van der Waals surface area (Å²) in [6, 6.07) is 2.08. The molecule has 274 valence electrons. The predicted molar refractivity (Wildman–Crippen MR) is 188 cm³/mol. The molecule has 1 unspecified atom stereocenters. The van der Waals surface area contributed by atoms with Crippen LogP contribution in [0.15, 0.2) is 89.7 Å². The summed E-state index contributed by atoms with van der Waals surface area (Å²) >= 11 is 0. The summed E-state index contributed by atoms with van der Waals surface area (Å²) in [6.45, 7) is 13.2. The van der Waals surface area contributed by atoms with Gasteiger partial charge in [-0.05, 0) is 81.2 Å². The Balaban J connectivity index is 1.76. The van der Waals surface area contributed by atoms with Crippen LogP contribution in [0.1, 0.15) is 79.0 Å². The molecule has 1 amide bonds. The Morgan fingerprint density at radius 1 is 1.14 bits per heavy atom. The number of rotatable bonds is 17. The molecule has 11 heteroatoms. The minimum atomic E-state index is -4.48. The van der Waals surface area contributed by atoms with Crippen LogP contribution < -0.4 is 5.32 Å². The number of ether oxygens (including phenoxy) is 2. The maximum Gasteiger partial charge on any atom is 0.417 e. The van der Waals surface area contributed by atoms with E-state index >= 15 is 0 Å². The van der Waals surface area contributed by atoms with E-state index in [-0.39, 0.29) is 48.5 Å². The molecule has 6 atom stereocenters. The summed E-state index contributed by atoms with van der Waals surface area (Å²) in [5, 5.41) is 13.4. The number of allylic oxidation sites excluding steroid dienone is 8. The highest BCUT2D eigenvalue weighted by Crippen LogP contribution is 2.28. The molecular formula is C39H51F3N2O6. The van der Waals surface area contributed by atoms with Crippen LogP contribution in [0.25, 0.3) is 0 Å². The summed E-state index contributed by atoms with van der Waals surface area (Å²) in [5.74, 6) is -0.968. The number of aliphatic hydroxyl groups excluding tert-OH is 1. The number of carbonyl (C=O) groups is 3. The van der Waals surface area contributed by atoms with E-state index in [4.69, 9.17) is 9.47 Å². The molecular weight excluding hydrogens is 649 g/mol. The summed E-state index contributed by atoms with van der Waals surface area (Å²) < 4.78 is 48.3. The Hall–Kier alpha value is -4.25. The monoisotopic (exact) mass is 700 g/mol. The van der Waals surface area contributed by atoms with Crippen molar-refractivity contribution in [1.29, 1.82) is 0 Å². The second-order valence-electron chi connectivity index (χ2n) is 13.1.